The van der Waals surface area contributed by atoms with Crippen molar-refractivity contribution >= 4 is 38.8 Å². The van der Waals surface area contributed by atoms with Crippen molar-refractivity contribution in [3.63, 3.8) is 0 Å². The molecule has 1 amide bonds. The van der Waals surface area contributed by atoms with Crippen LogP contribution < -0.4 is 10.2 Å². The van der Waals surface area contributed by atoms with Crippen LogP contribution in [0.5, 0.6) is 0 Å². The van der Waals surface area contributed by atoms with E-state index in [0.717, 1.165) is 16.0 Å². The molecule has 0 saturated carbocycles. The zero-order valence-corrected chi connectivity index (χ0v) is 11.8. The molecule has 0 radical (unpaired) electrons. The summed E-state index contributed by atoms with van der Waals surface area (Å²) < 4.78 is 0. The smallest absolute Gasteiger partial charge is 0.225 e. The van der Waals surface area contributed by atoms with Crippen LogP contribution in [0.3, 0.4) is 0 Å². The maximum atomic E-state index is 11.4. The molecule has 2 aromatic rings. The number of nitrogens with zero attached hydrogens (tertiary/aromatic N) is 3. The van der Waals surface area contributed by atoms with Crippen molar-refractivity contribution in [3.8, 4) is 0 Å². The third-order valence-electron chi connectivity index (χ3n) is 2.32. The van der Waals surface area contributed by atoms with E-state index < -0.39 is 0 Å². The second-order valence-corrected chi connectivity index (χ2v) is 5.31. The molecule has 2 heterocycles. The Bertz CT molecular complexity index is 509. The average Bonchev–Trinajstić information content (AvgIpc) is 2.97. The van der Waals surface area contributed by atoms with Crippen LogP contribution in [0.1, 0.15) is 19.5 Å². The molecule has 0 fully saturated rings. The van der Waals surface area contributed by atoms with Crippen LogP contribution in [0.4, 0.5) is 10.3 Å². The van der Waals surface area contributed by atoms with Crippen molar-refractivity contribution in [2.45, 2.75) is 20.4 Å². The van der Waals surface area contributed by atoms with E-state index in [1.165, 1.54) is 11.3 Å². The molecule has 0 saturated heterocycles. The zero-order valence-electron chi connectivity index (χ0n) is 10.2. The molecular weight excluding hydrogens is 268 g/mol. The number of hydrogen-bond donors (Lipinski definition) is 1. The minimum absolute atomic E-state index is 0.0197. The number of aromatic nitrogens is 2. The van der Waals surface area contributed by atoms with Crippen molar-refractivity contribution in [1.82, 2.24) is 9.97 Å². The van der Waals surface area contributed by atoms with E-state index in [2.05, 4.69) is 15.3 Å². The first-order valence-electron chi connectivity index (χ1n) is 5.56. The third-order valence-corrected chi connectivity index (χ3v) is 3.96. The first kappa shape index (κ1) is 13.0. The molecule has 96 valence electrons. The highest BCUT2D eigenvalue weighted by Gasteiger charge is 2.13. The Morgan fingerprint density at radius 1 is 1.50 bits per heavy atom. The lowest BCUT2D eigenvalue weighted by atomic mass is 10.5. The van der Waals surface area contributed by atoms with Gasteiger partial charge in [0, 0.05) is 30.4 Å². The lowest BCUT2D eigenvalue weighted by Crippen LogP contribution is -2.27. The number of thiazole rings is 2. The molecule has 0 spiro atoms. The maximum absolute atomic E-state index is 11.4. The first-order valence-corrected chi connectivity index (χ1v) is 7.32. The Balaban J connectivity index is 1.99. The van der Waals surface area contributed by atoms with Gasteiger partial charge in [-0.2, -0.15) is 0 Å². The number of rotatable bonds is 5. The molecule has 0 aromatic carbocycles. The standard InChI is InChI=1S/C11H14N4OS2/c1-3-15(8(2)16)11-14-9(7-18-11)6-13-10-12-4-5-17-10/h4-5,7H,3,6H2,1-2H3,(H,12,13). The second-order valence-electron chi connectivity index (χ2n) is 3.58. The van der Waals surface area contributed by atoms with Crippen LogP contribution in [0.15, 0.2) is 17.0 Å². The Labute approximate surface area is 114 Å². The van der Waals surface area contributed by atoms with Crippen molar-refractivity contribution in [3.05, 3.63) is 22.7 Å². The molecule has 1 N–H and O–H groups in total. The minimum atomic E-state index is 0.0197. The summed E-state index contributed by atoms with van der Waals surface area (Å²) in [6.07, 6.45) is 1.76. The highest BCUT2D eigenvalue weighted by Crippen LogP contribution is 2.21. The van der Waals surface area contributed by atoms with E-state index >= 15 is 0 Å². The Kier molecular flexibility index (Phi) is 4.27. The second kappa shape index (κ2) is 5.92. The number of anilines is 2. The molecule has 0 bridgehead atoms. The molecule has 0 unspecified atom stereocenters. The molecule has 5 nitrogen and oxygen atoms in total. The largest absolute Gasteiger partial charge is 0.356 e. The fourth-order valence-corrected chi connectivity index (χ4v) is 2.93. The van der Waals surface area contributed by atoms with Gasteiger partial charge in [-0.05, 0) is 6.92 Å². The Morgan fingerprint density at radius 2 is 2.33 bits per heavy atom. The highest BCUT2D eigenvalue weighted by atomic mass is 32.1. The predicted octanol–water partition coefficient (Wildman–Crippen LogP) is 2.58. The minimum Gasteiger partial charge on any atom is -0.356 e. The number of carbonyl (C=O) groups is 1. The van der Waals surface area contributed by atoms with Crippen LogP contribution in [0.2, 0.25) is 0 Å². The van der Waals surface area contributed by atoms with Crippen molar-refractivity contribution in [1.29, 1.82) is 0 Å². The number of carbonyl (C=O) groups excluding carboxylic acids is 1. The van der Waals surface area contributed by atoms with E-state index in [1.54, 1.807) is 29.4 Å². The maximum Gasteiger partial charge on any atom is 0.225 e. The summed E-state index contributed by atoms with van der Waals surface area (Å²) in [6, 6.07) is 0. The fraction of sp³-hybridized carbons (Fsp3) is 0.364. The van der Waals surface area contributed by atoms with Gasteiger partial charge in [-0.25, -0.2) is 9.97 Å². The average molecular weight is 282 g/mol. The fourth-order valence-electron chi connectivity index (χ4n) is 1.47. The van der Waals surface area contributed by atoms with Gasteiger partial charge in [0.1, 0.15) is 0 Å². The summed E-state index contributed by atoms with van der Waals surface area (Å²) in [7, 11) is 0. The number of hydrogen-bond acceptors (Lipinski definition) is 6. The molecule has 0 aliphatic heterocycles. The SMILES string of the molecule is CCN(C(C)=O)c1nc(CNc2nccs2)cs1. The quantitative estimate of drug-likeness (QED) is 0.915. The summed E-state index contributed by atoms with van der Waals surface area (Å²) in [5, 5.41) is 8.70. The topological polar surface area (TPSA) is 58.1 Å². The molecule has 7 heteroatoms. The molecule has 2 aromatic heterocycles. The van der Waals surface area contributed by atoms with Gasteiger partial charge >= 0.3 is 0 Å². The van der Waals surface area contributed by atoms with Crippen LogP contribution in [0, 0.1) is 0 Å². The molecule has 2 rings (SSSR count). The molecular formula is C11H14N4OS2. The van der Waals surface area contributed by atoms with E-state index in [-0.39, 0.29) is 5.91 Å². The summed E-state index contributed by atoms with van der Waals surface area (Å²) in [6.45, 7) is 4.76. The monoisotopic (exact) mass is 282 g/mol. The van der Waals surface area contributed by atoms with Gasteiger partial charge in [0.25, 0.3) is 0 Å². The highest BCUT2D eigenvalue weighted by molar-refractivity contribution is 7.14. The lowest BCUT2D eigenvalue weighted by Gasteiger charge is -2.14. The van der Waals surface area contributed by atoms with Gasteiger partial charge < -0.3 is 5.32 Å². The van der Waals surface area contributed by atoms with Gasteiger partial charge in [-0.3, -0.25) is 9.69 Å². The predicted molar refractivity (Wildman–Crippen MR) is 75.3 cm³/mol. The molecule has 0 atom stereocenters. The summed E-state index contributed by atoms with van der Waals surface area (Å²) in [4.78, 5) is 21.6. The van der Waals surface area contributed by atoms with Gasteiger partial charge in [0.05, 0.1) is 12.2 Å². The normalized spacial score (nSPS) is 10.3. The Morgan fingerprint density at radius 3 is 2.94 bits per heavy atom. The van der Waals surface area contributed by atoms with Gasteiger partial charge in [0.2, 0.25) is 5.91 Å². The van der Waals surface area contributed by atoms with Crippen LogP contribution in [-0.2, 0) is 11.3 Å². The van der Waals surface area contributed by atoms with E-state index in [1.807, 2.05) is 17.7 Å². The van der Waals surface area contributed by atoms with Gasteiger partial charge in [-0.15, -0.1) is 22.7 Å². The van der Waals surface area contributed by atoms with Gasteiger partial charge in [-0.1, -0.05) is 0 Å². The van der Waals surface area contributed by atoms with E-state index in [4.69, 9.17) is 0 Å². The van der Waals surface area contributed by atoms with Crippen molar-refractivity contribution < 1.29 is 4.79 Å². The number of nitrogens with one attached hydrogen (secondary N) is 1. The first-order chi connectivity index (χ1) is 8.70. The number of amides is 1. The summed E-state index contributed by atoms with van der Waals surface area (Å²) in [5.41, 5.74) is 0.921. The summed E-state index contributed by atoms with van der Waals surface area (Å²) in [5.74, 6) is 0.0197. The van der Waals surface area contributed by atoms with Crippen molar-refractivity contribution in [2.24, 2.45) is 0 Å². The molecule has 0 aliphatic rings. The lowest BCUT2D eigenvalue weighted by molar-refractivity contribution is -0.116. The van der Waals surface area contributed by atoms with Crippen molar-refractivity contribution in [2.75, 3.05) is 16.8 Å². The summed E-state index contributed by atoms with van der Waals surface area (Å²) >= 11 is 3.04. The molecule has 0 aliphatic carbocycles. The van der Waals surface area contributed by atoms with Crippen LogP contribution in [0.25, 0.3) is 0 Å². The molecule has 18 heavy (non-hydrogen) atoms. The van der Waals surface area contributed by atoms with E-state index in [0.29, 0.717) is 13.1 Å². The van der Waals surface area contributed by atoms with Crippen LogP contribution in [-0.4, -0.2) is 22.4 Å². The van der Waals surface area contributed by atoms with Gasteiger partial charge in [0.15, 0.2) is 10.3 Å². The van der Waals surface area contributed by atoms with E-state index in [9.17, 15) is 4.79 Å². The third kappa shape index (κ3) is 3.05. The zero-order chi connectivity index (χ0) is 13.0. The Hall–Kier alpha value is -1.47. The van der Waals surface area contributed by atoms with Crippen LogP contribution >= 0.6 is 22.7 Å².